The minimum absolute atomic E-state index is 0.0353. The molecule has 2 nitrogen and oxygen atoms in total. The number of carbonyl (C=O) groups is 1. The van der Waals surface area contributed by atoms with Crippen LogP contribution in [0.1, 0.15) is 23.2 Å². The number of carbonyl (C=O) groups excluding carboxylic acids is 1. The van der Waals surface area contributed by atoms with Gasteiger partial charge in [-0.25, -0.2) is 4.39 Å². The summed E-state index contributed by atoms with van der Waals surface area (Å²) in [5.41, 5.74) is -0.0353. The van der Waals surface area contributed by atoms with Crippen LogP contribution in [0.3, 0.4) is 0 Å². The van der Waals surface area contributed by atoms with Crippen molar-refractivity contribution >= 4 is 33.3 Å². The van der Waals surface area contributed by atoms with E-state index >= 15 is 0 Å². The number of fused-ring (bicyclic) bond motifs is 1. The van der Waals surface area contributed by atoms with Crippen molar-refractivity contribution in [2.24, 2.45) is 0 Å². The molecule has 0 bridgehead atoms. The van der Waals surface area contributed by atoms with Crippen molar-refractivity contribution in [2.75, 3.05) is 6.61 Å². The van der Waals surface area contributed by atoms with E-state index < -0.39 is 5.82 Å². The van der Waals surface area contributed by atoms with Crippen molar-refractivity contribution in [3.05, 3.63) is 26.9 Å². The second-order valence-corrected chi connectivity index (χ2v) is 4.50. The van der Waals surface area contributed by atoms with E-state index in [1.165, 1.54) is 6.07 Å². The third-order valence-corrected chi connectivity index (χ3v) is 3.06. The van der Waals surface area contributed by atoms with E-state index in [1.807, 2.05) is 0 Å². The van der Waals surface area contributed by atoms with Crippen LogP contribution in [0, 0.1) is 5.82 Å². The van der Waals surface area contributed by atoms with Crippen molar-refractivity contribution in [2.45, 2.75) is 12.8 Å². The molecule has 0 spiro atoms. The molecule has 0 unspecified atom stereocenters. The Morgan fingerprint density at radius 3 is 3.00 bits per heavy atom. The number of Topliss-reactive ketones (excluding diaryl/α,β-unsaturated/α-hetero) is 1. The van der Waals surface area contributed by atoms with E-state index in [9.17, 15) is 9.18 Å². The SMILES string of the molecule is O=C1CCCOc2c(Cl)cc(Br)c(F)c21. The Labute approximate surface area is 99.5 Å². The van der Waals surface area contributed by atoms with Gasteiger partial charge in [0.1, 0.15) is 0 Å². The van der Waals surface area contributed by atoms with Gasteiger partial charge in [0, 0.05) is 6.42 Å². The zero-order valence-corrected chi connectivity index (χ0v) is 9.99. The highest BCUT2D eigenvalue weighted by Crippen LogP contribution is 2.37. The Hall–Kier alpha value is -0.610. The second-order valence-electron chi connectivity index (χ2n) is 3.23. The van der Waals surface area contributed by atoms with Gasteiger partial charge in [-0.1, -0.05) is 11.6 Å². The summed E-state index contributed by atoms with van der Waals surface area (Å²) in [6.45, 7) is 0.388. The molecule has 1 aliphatic heterocycles. The van der Waals surface area contributed by atoms with E-state index in [2.05, 4.69) is 15.9 Å². The van der Waals surface area contributed by atoms with Crippen LogP contribution in [0.25, 0.3) is 0 Å². The van der Waals surface area contributed by atoms with E-state index in [4.69, 9.17) is 16.3 Å². The topological polar surface area (TPSA) is 26.3 Å². The molecule has 1 aliphatic rings. The lowest BCUT2D eigenvalue weighted by molar-refractivity contribution is 0.0979. The highest BCUT2D eigenvalue weighted by Gasteiger charge is 2.25. The molecule has 0 radical (unpaired) electrons. The van der Waals surface area contributed by atoms with Gasteiger partial charge < -0.3 is 4.74 Å². The van der Waals surface area contributed by atoms with E-state index in [-0.39, 0.29) is 33.0 Å². The number of ether oxygens (including phenoxy) is 1. The highest BCUT2D eigenvalue weighted by molar-refractivity contribution is 9.10. The smallest absolute Gasteiger partial charge is 0.169 e. The first-order chi connectivity index (χ1) is 7.11. The summed E-state index contributed by atoms with van der Waals surface area (Å²) in [6, 6.07) is 1.40. The largest absolute Gasteiger partial charge is 0.491 e. The standard InChI is InChI=1S/C10H7BrClFO2/c11-5-4-6(12)10-8(9(5)13)7(14)2-1-3-15-10/h4H,1-3H2. The molecule has 0 aliphatic carbocycles. The van der Waals surface area contributed by atoms with Gasteiger partial charge in [0.2, 0.25) is 0 Å². The molecule has 0 aromatic heterocycles. The fourth-order valence-electron chi connectivity index (χ4n) is 1.50. The summed E-state index contributed by atoms with van der Waals surface area (Å²) >= 11 is 8.89. The van der Waals surface area contributed by atoms with Gasteiger partial charge in [-0.15, -0.1) is 0 Å². The van der Waals surface area contributed by atoms with Crippen LogP contribution in [-0.4, -0.2) is 12.4 Å². The first kappa shape index (κ1) is 10.9. The van der Waals surface area contributed by atoms with Crippen molar-refractivity contribution in [1.29, 1.82) is 0 Å². The highest BCUT2D eigenvalue weighted by atomic mass is 79.9. The number of halogens is 3. The average Bonchev–Trinajstić information content (AvgIpc) is 2.37. The monoisotopic (exact) mass is 292 g/mol. The van der Waals surface area contributed by atoms with Crippen molar-refractivity contribution in [3.8, 4) is 5.75 Å². The van der Waals surface area contributed by atoms with Gasteiger partial charge in [-0.3, -0.25) is 4.79 Å². The number of benzene rings is 1. The minimum atomic E-state index is -0.596. The lowest BCUT2D eigenvalue weighted by Crippen LogP contribution is -2.03. The maximum Gasteiger partial charge on any atom is 0.169 e. The van der Waals surface area contributed by atoms with Crippen molar-refractivity contribution in [1.82, 2.24) is 0 Å². The molecule has 2 rings (SSSR count). The maximum absolute atomic E-state index is 13.7. The van der Waals surface area contributed by atoms with Crippen LogP contribution in [0.2, 0.25) is 5.02 Å². The molecule has 0 saturated heterocycles. The third kappa shape index (κ3) is 1.88. The van der Waals surface area contributed by atoms with E-state index in [0.717, 1.165) is 0 Å². The van der Waals surface area contributed by atoms with Gasteiger partial charge in [-0.05, 0) is 28.4 Å². The Morgan fingerprint density at radius 1 is 1.53 bits per heavy atom. The first-order valence-electron chi connectivity index (χ1n) is 4.44. The summed E-state index contributed by atoms with van der Waals surface area (Å²) < 4.78 is 19.1. The zero-order valence-electron chi connectivity index (χ0n) is 7.65. The molecule has 15 heavy (non-hydrogen) atoms. The molecule has 0 atom stereocenters. The number of rotatable bonds is 0. The van der Waals surface area contributed by atoms with Gasteiger partial charge in [0.25, 0.3) is 0 Å². The number of hydrogen-bond donors (Lipinski definition) is 0. The fraction of sp³-hybridized carbons (Fsp3) is 0.300. The number of ketones is 1. The van der Waals surface area contributed by atoms with Gasteiger partial charge >= 0.3 is 0 Å². The van der Waals surface area contributed by atoms with Crippen LogP contribution in [0.5, 0.6) is 5.75 Å². The van der Waals surface area contributed by atoms with Crippen LogP contribution >= 0.6 is 27.5 Å². The Bertz CT molecular complexity index is 434. The molecule has 0 amide bonds. The number of hydrogen-bond acceptors (Lipinski definition) is 2. The van der Waals surface area contributed by atoms with Crippen LogP contribution in [-0.2, 0) is 0 Å². The van der Waals surface area contributed by atoms with Crippen LogP contribution < -0.4 is 4.74 Å². The molecule has 0 N–H and O–H groups in total. The predicted molar refractivity (Wildman–Crippen MR) is 58.2 cm³/mol. The maximum atomic E-state index is 13.7. The van der Waals surface area contributed by atoms with E-state index in [1.54, 1.807) is 0 Å². The lowest BCUT2D eigenvalue weighted by Gasteiger charge is -2.10. The lowest BCUT2D eigenvalue weighted by atomic mass is 10.1. The molecule has 1 aromatic rings. The van der Waals surface area contributed by atoms with Gasteiger partial charge in [-0.2, -0.15) is 0 Å². The van der Waals surface area contributed by atoms with E-state index in [0.29, 0.717) is 13.0 Å². The quantitative estimate of drug-likeness (QED) is 0.683. The molecule has 0 saturated carbocycles. The van der Waals surface area contributed by atoms with Crippen LogP contribution in [0.15, 0.2) is 10.5 Å². The summed E-state index contributed by atoms with van der Waals surface area (Å²) in [4.78, 5) is 11.6. The summed E-state index contributed by atoms with van der Waals surface area (Å²) in [5, 5.41) is 0.258. The Kier molecular flexibility index (Phi) is 2.98. The molecular weight excluding hydrogens is 286 g/mol. The van der Waals surface area contributed by atoms with Crippen molar-refractivity contribution in [3.63, 3.8) is 0 Å². The Balaban J connectivity index is 2.69. The zero-order chi connectivity index (χ0) is 11.0. The summed E-state index contributed by atoms with van der Waals surface area (Å²) in [7, 11) is 0. The molecular formula is C10H7BrClFO2. The molecule has 1 heterocycles. The summed E-state index contributed by atoms with van der Waals surface area (Å²) in [6.07, 6.45) is 0.873. The minimum Gasteiger partial charge on any atom is -0.491 e. The van der Waals surface area contributed by atoms with Gasteiger partial charge in [0.05, 0.1) is 21.7 Å². The molecule has 5 heteroatoms. The molecule has 80 valence electrons. The normalized spacial score (nSPS) is 15.5. The van der Waals surface area contributed by atoms with Crippen LogP contribution in [0.4, 0.5) is 4.39 Å². The summed E-state index contributed by atoms with van der Waals surface area (Å²) in [5.74, 6) is -0.690. The molecule has 1 aromatic carbocycles. The third-order valence-electron chi connectivity index (χ3n) is 2.20. The first-order valence-corrected chi connectivity index (χ1v) is 5.62. The van der Waals surface area contributed by atoms with Gasteiger partial charge in [0.15, 0.2) is 17.3 Å². The second kappa shape index (κ2) is 4.10. The molecule has 0 fully saturated rings. The average molecular weight is 294 g/mol. The fourth-order valence-corrected chi connectivity index (χ4v) is 2.32. The predicted octanol–water partition coefficient (Wildman–Crippen LogP) is 3.60. The Morgan fingerprint density at radius 2 is 2.27 bits per heavy atom. The van der Waals surface area contributed by atoms with Crippen molar-refractivity contribution < 1.29 is 13.9 Å².